The molecule has 1 aromatic carbocycles. The molecule has 4 heterocycles. The maximum absolute atomic E-state index is 15.3. The lowest BCUT2D eigenvalue weighted by Gasteiger charge is -2.20. The number of nitrogens with one attached hydrogen (secondary N) is 1. The van der Waals surface area contributed by atoms with E-state index in [-0.39, 0.29) is 22.2 Å². The van der Waals surface area contributed by atoms with E-state index >= 15 is 4.39 Å². The van der Waals surface area contributed by atoms with Crippen molar-refractivity contribution in [2.24, 2.45) is 7.05 Å². The lowest BCUT2D eigenvalue weighted by molar-refractivity contribution is 0.576. The third-order valence-corrected chi connectivity index (χ3v) is 7.81. The normalized spacial score (nSPS) is 11.9. The fraction of sp³-hybridized carbons (Fsp3) is 0.294. The van der Waals surface area contributed by atoms with E-state index < -0.39 is 16.8 Å². The van der Waals surface area contributed by atoms with E-state index in [9.17, 15) is 14.9 Å². The van der Waals surface area contributed by atoms with Gasteiger partial charge in [-0.2, -0.15) is 15.0 Å². The van der Waals surface area contributed by atoms with Crippen LogP contribution in [0.5, 0.6) is 0 Å². The molecule has 10 heteroatoms. The van der Waals surface area contributed by atoms with Crippen LogP contribution in [0.2, 0.25) is 0 Å². The molecule has 0 amide bonds. The van der Waals surface area contributed by atoms with Crippen LogP contribution in [0, 0.1) is 17.1 Å². The summed E-state index contributed by atoms with van der Waals surface area (Å²) in [5, 5.41) is 17.3. The van der Waals surface area contributed by atoms with Crippen LogP contribution in [0.1, 0.15) is 58.2 Å². The van der Waals surface area contributed by atoms with Gasteiger partial charge in [0.25, 0.3) is 11.1 Å². The summed E-state index contributed by atoms with van der Waals surface area (Å²) < 4.78 is 17.9. The summed E-state index contributed by atoms with van der Waals surface area (Å²) in [6, 6.07) is 12.5. The van der Waals surface area contributed by atoms with Gasteiger partial charge in [0.05, 0.1) is 23.1 Å². The molecule has 0 unspecified atom stereocenters. The largest absolute Gasteiger partial charge is 0.336 e. The number of aryl methyl sites for hydroxylation is 1. The molecular formula is C34H34FN7O2. The summed E-state index contributed by atoms with van der Waals surface area (Å²) in [7, 11) is 1.65. The summed E-state index contributed by atoms with van der Waals surface area (Å²) in [6.07, 6.45) is 6.87. The molecule has 224 valence electrons. The highest BCUT2D eigenvalue weighted by atomic mass is 19.1. The molecule has 0 saturated carbocycles. The zero-order valence-electron chi connectivity index (χ0n) is 25.9. The van der Waals surface area contributed by atoms with E-state index in [0.717, 1.165) is 21.4 Å². The Morgan fingerprint density at radius 1 is 0.977 bits per heavy atom. The molecule has 4 aromatic heterocycles. The number of halogens is 1. The Labute approximate surface area is 254 Å². The van der Waals surface area contributed by atoms with Crippen molar-refractivity contribution in [2.45, 2.75) is 58.8 Å². The van der Waals surface area contributed by atoms with Gasteiger partial charge in [0, 0.05) is 42.2 Å². The predicted molar refractivity (Wildman–Crippen MR) is 170 cm³/mol. The van der Waals surface area contributed by atoms with Gasteiger partial charge in [-0.1, -0.05) is 33.8 Å². The smallest absolute Gasteiger partial charge is 0.283 e. The maximum atomic E-state index is 15.3. The molecule has 0 aliphatic heterocycles. The Balaban J connectivity index is 1.60. The fourth-order valence-corrected chi connectivity index (χ4v) is 5.09. The summed E-state index contributed by atoms with van der Waals surface area (Å²) in [5.41, 5.74) is 2.12. The number of hydrogen-bond donors (Lipinski definition) is 1. The van der Waals surface area contributed by atoms with Crippen LogP contribution in [-0.2, 0) is 24.3 Å². The molecule has 9 nitrogen and oxygen atoms in total. The van der Waals surface area contributed by atoms with Gasteiger partial charge in [-0.3, -0.25) is 9.59 Å². The molecule has 0 fully saturated rings. The minimum absolute atomic E-state index is 0.0486. The van der Waals surface area contributed by atoms with E-state index in [1.54, 1.807) is 49.9 Å². The first-order valence-corrected chi connectivity index (χ1v) is 14.3. The summed E-state index contributed by atoms with van der Waals surface area (Å²) in [6.45, 7) is 11.5. The van der Waals surface area contributed by atoms with Crippen LogP contribution < -0.4 is 16.4 Å². The van der Waals surface area contributed by atoms with E-state index in [4.69, 9.17) is 0 Å². The van der Waals surface area contributed by atoms with Crippen molar-refractivity contribution in [1.82, 2.24) is 24.3 Å². The first-order valence-electron chi connectivity index (χ1n) is 14.3. The second-order valence-electron chi connectivity index (χ2n) is 12.4. The van der Waals surface area contributed by atoms with Crippen molar-refractivity contribution in [3.63, 3.8) is 0 Å². The number of fused-ring (bicyclic) bond motifs is 1. The number of benzene rings is 1. The number of pyridine rings is 3. The van der Waals surface area contributed by atoms with Crippen molar-refractivity contribution in [2.75, 3.05) is 5.32 Å². The van der Waals surface area contributed by atoms with E-state index in [1.807, 2.05) is 47.6 Å². The maximum Gasteiger partial charge on any atom is 0.283 e. The van der Waals surface area contributed by atoms with Crippen LogP contribution in [0.4, 0.5) is 15.9 Å². The highest BCUT2D eigenvalue weighted by Gasteiger charge is 2.22. The van der Waals surface area contributed by atoms with Gasteiger partial charge in [0.15, 0.2) is 5.82 Å². The molecule has 0 spiro atoms. The van der Waals surface area contributed by atoms with Gasteiger partial charge in [-0.15, -0.1) is 0 Å². The topological polar surface area (TPSA) is 118 Å². The van der Waals surface area contributed by atoms with Gasteiger partial charge in [0.2, 0.25) is 0 Å². The molecule has 0 radical (unpaired) electrons. The number of nitriles is 1. The van der Waals surface area contributed by atoms with Crippen LogP contribution >= 0.6 is 0 Å². The second-order valence-corrected chi connectivity index (χ2v) is 12.4. The number of aromatic nitrogens is 5. The molecular weight excluding hydrogens is 557 g/mol. The molecule has 1 N–H and O–H groups in total. The monoisotopic (exact) mass is 591 g/mol. The second kappa shape index (κ2) is 11.2. The molecule has 0 atom stereocenters. The lowest BCUT2D eigenvalue weighted by Crippen LogP contribution is -2.25. The van der Waals surface area contributed by atoms with Gasteiger partial charge in [-0.25, -0.2) is 14.4 Å². The fourth-order valence-electron chi connectivity index (χ4n) is 5.09. The minimum Gasteiger partial charge on any atom is -0.336 e. The van der Waals surface area contributed by atoms with E-state index in [0.29, 0.717) is 34.4 Å². The number of hydrogen-bond acceptors (Lipinski definition) is 7. The van der Waals surface area contributed by atoms with Gasteiger partial charge >= 0.3 is 0 Å². The average Bonchev–Trinajstić information content (AvgIpc) is 2.98. The van der Waals surface area contributed by atoms with Crippen LogP contribution in [0.3, 0.4) is 0 Å². The van der Waals surface area contributed by atoms with E-state index in [2.05, 4.69) is 26.5 Å². The predicted octanol–water partition coefficient (Wildman–Crippen LogP) is 6.09. The van der Waals surface area contributed by atoms with Crippen molar-refractivity contribution in [3.8, 4) is 23.0 Å². The Kier molecular flexibility index (Phi) is 7.68. The quantitative estimate of drug-likeness (QED) is 0.254. The van der Waals surface area contributed by atoms with Crippen LogP contribution in [0.15, 0.2) is 70.8 Å². The Bertz CT molecular complexity index is 2060. The van der Waals surface area contributed by atoms with E-state index in [1.165, 1.54) is 16.8 Å². The highest BCUT2D eigenvalue weighted by molar-refractivity contribution is 5.83. The van der Waals surface area contributed by atoms with Gasteiger partial charge in [0.1, 0.15) is 17.3 Å². The van der Waals surface area contributed by atoms with Gasteiger partial charge in [-0.05, 0) is 72.7 Å². The molecule has 5 aromatic rings. The molecule has 0 aliphatic rings. The first-order chi connectivity index (χ1) is 20.7. The Hall–Kier alpha value is -5.17. The van der Waals surface area contributed by atoms with Crippen molar-refractivity contribution < 1.29 is 4.39 Å². The molecule has 0 bridgehead atoms. The third kappa shape index (κ3) is 5.49. The highest BCUT2D eigenvalue weighted by Crippen LogP contribution is 2.30. The SMILES string of the molecule is CCc1c(-c2cc(Nc3ccc(C(C)(C)C#N)cn3)c(=O)n(C)c2)ccnc1-n1ncc2cc(C(C)(C)C)cc(F)c2c1=O. The summed E-state index contributed by atoms with van der Waals surface area (Å²) in [4.78, 5) is 35.6. The Morgan fingerprint density at radius 2 is 1.73 bits per heavy atom. The van der Waals surface area contributed by atoms with Crippen LogP contribution in [0.25, 0.3) is 27.7 Å². The summed E-state index contributed by atoms with van der Waals surface area (Å²) in [5.74, 6) is 0.137. The standard InChI is InChI=1S/C34H34FN7O2/c1-8-24-25(21-14-27(31(43)41(7)18-21)40-28-10-9-22(17-38-28)34(5,6)19-36)11-12-37-30(24)42-32(44)29-20(16-39-42)13-23(15-26(29)35)33(2,3)4/h9-18H,8H2,1-7H3,(H,38,40). The van der Waals surface area contributed by atoms with Crippen molar-refractivity contribution in [1.29, 1.82) is 5.26 Å². The van der Waals surface area contributed by atoms with Gasteiger partial charge < -0.3 is 9.88 Å². The zero-order chi connectivity index (χ0) is 32.0. The summed E-state index contributed by atoms with van der Waals surface area (Å²) >= 11 is 0. The minimum atomic E-state index is -0.694. The third-order valence-electron chi connectivity index (χ3n) is 7.81. The molecule has 5 rings (SSSR count). The molecule has 0 saturated heterocycles. The zero-order valence-corrected chi connectivity index (χ0v) is 25.9. The molecule has 0 aliphatic carbocycles. The first kappa shape index (κ1) is 30.3. The molecule has 44 heavy (non-hydrogen) atoms. The lowest BCUT2D eigenvalue weighted by atomic mass is 9.86. The number of rotatable bonds is 6. The Morgan fingerprint density at radius 3 is 2.36 bits per heavy atom. The van der Waals surface area contributed by atoms with Crippen molar-refractivity contribution >= 4 is 22.3 Å². The van der Waals surface area contributed by atoms with Crippen LogP contribution in [-0.4, -0.2) is 24.3 Å². The number of anilines is 2. The number of nitrogens with zero attached hydrogens (tertiary/aromatic N) is 6. The average molecular weight is 592 g/mol. The van der Waals surface area contributed by atoms with Crippen molar-refractivity contribution in [3.05, 3.63) is 104 Å².